The van der Waals surface area contributed by atoms with Gasteiger partial charge in [-0.1, -0.05) is 0 Å². The molecule has 0 amide bonds. The molecular formula is C5H13NO2. The fourth-order valence-electron chi connectivity index (χ4n) is 0.382. The summed E-state index contributed by atoms with van der Waals surface area (Å²) in [7, 11) is 1.61. The molecule has 0 fully saturated rings. The van der Waals surface area contributed by atoms with Crippen molar-refractivity contribution in [3.8, 4) is 0 Å². The lowest BCUT2D eigenvalue weighted by Gasteiger charge is -2.19. The highest BCUT2D eigenvalue weighted by atomic mass is 16.6. The van der Waals surface area contributed by atoms with Crippen molar-refractivity contribution in [1.29, 1.82) is 0 Å². The summed E-state index contributed by atoms with van der Waals surface area (Å²) in [5, 5.41) is 0. The summed E-state index contributed by atoms with van der Waals surface area (Å²) in [6.45, 7) is 4.23. The molecular weight excluding hydrogens is 106 g/mol. The first-order valence-electron chi connectivity index (χ1n) is 2.49. The monoisotopic (exact) mass is 119 g/mol. The first kappa shape index (κ1) is 7.88. The maximum atomic E-state index is 4.91. The predicted molar refractivity (Wildman–Crippen MR) is 31.2 cm³/mol. The Morgan fingerprint density at radius 3 is 2.12 bits per heavy atom. The van der Waals surface area contributed by atoms with Gasteiger partial charge in [0.2, 0.25) is 0 Å². The zero-order chi connectivity index (χ0) is 6.62. The molecule has 0 spiro atoms. The van der Waals surface area contributed by atoms with Crippen LogP contribution in [0.15, 0.2) is 0 Å². The van der Waals surface area contributed by atoms with Gasteiger partial charge in [-0.25, -0.2) is 5.90 Å². The Balaban J connectivity index is 3.37. The first-order valence-corrected chi connectivity index (χ1v) is 2.49. The summed E-state index contributed by atoms with van der Waals surface area (Å²) in [5.41, 5.74) is -0.352. The van der Waals surface area contributed by atoms with E-state index in [0.717, 1.165) is 0 Å². The molecule has 0 aromatic heterocycles. The zero-order valence-electron chi connectivity index (χ0n) is 5.60. The molecule has 0 heterocycles. The maximum Gasteiger partial charge on any atom is 0.107 e. The number of hydrogen-bond donors (Lipinski definition) is 1. The van der Waals surface area contributed by atoms with Crippen LogP contribution in [0.3, 0.4) is 0 Å². The van der Waals surface area contributed by atoms with E-state index in [4.69, 9.17) is 10.6 Å². The Kier molecular flexibility index (Phi) is 2.97. The van der Waals surface area contributed by atoms with Crippen molar-refractivity contribution >= 4 is 0 Å². The van der Waals surface area contributed by atoms with Gasteiger partial charge in [-0.3, -0.25) is 4.84 Å². The van der Waals surface area contributed by atoms with Crippen molar-refractivity contribution in [2.45, 2.75) is 19.4 Å². The van der Waals surface area contributed by atoms with Crippen molar-refractivity contribution in [2.75, 3.05) is 13.7 Å². The van der Waals surface area contributed by atoms with E-state index in [-0.39, 0.29) is 5.60 Å². The molecule has 50 valence electrons. The van der Waals surface area contributed by atoms with Crippen molar-refractivity contribution in [3.05, 3.63) is 0 Å². The van der Waals surface area contributed by atoms with Gasteiger partial charge in [-0.05, 0) is 13.8 Å². The van der Waals surface area contributed by atoms with Crippen LogP contribution in [-0.4, -0.2) is 19.3 Å². The normalized spacial score (nSPS) is 12.0. The van der Waals surface area contributed by atoms with Gasteiger partial charge < -0.3 is 4.74 Å². The Labute approximate surface area is 49.7 Å². The molecule has 8 heavy (non-hydrogen) atoms. The summed E-state index contributed by atoms with van der Waals surface area (Å²) >= 11 is 0. The van der Waals surface area contributed by atoms with Crippen molar-refractivity contribution in [1.82, 2.24) is 0 Å². The number of methoxy groups -OCH3 is 1. The summed E-state index contributed by atoms with van der Waals surface area (Å²) in [6.07, 6.45) is 0. The van der Waals surface area contributed by atoms with Crippen LogP contribution in [0.2, 0.25) is 0 Å². The minimum absolute atomic E-state index is 0.352. The third-order valence-electron chi connectivity index (χ3n) is 0.811. The Hall–Kier alpha value is -0.120. The molecule has 0 aliphatic carbocycles. The molecule has 0 atom stereocenters. The largest absolute Gasteiger partial charge is 0.382 e. The number of hydrogen-bond acceptors (Lipinski definition) is 3. The summed E-state index contributed by atoms with van der Waals surface area (Å²) in [4.78, 5) is 4.55. The van der Waals surface area contributed by atoms with Gasteiger partial charge in [0.1, 0.15) is 5.60 Å². The van der Waals surface area contributed by atoms with Crippen LogP contribution in [0.25, 0.3) is 0 Å². The summed E-state index contributed by atoms with van der Waals surface area (Å²) in [6, 6.07) is 0. The van der Waals surface area contributed by atoms with Crippen molar-refractivity contribution in [2.24, 2.45) is 5.90 Å². The average molecular weight is 119 g/mol. The third kappa shape index (κ3) is 2.96. The molecule has 0 radical (unpaired) electrons. The van der Waals surface area contributed by atoms with Gasteiger partial charge in [0, 0.05) is 7.11 Å². The van der Waals surface area contributed by atoms with E-state index in [1.54, 1.807) is 7.11 Å². The highest BCUT2D eigenvalue weighted by Crippen LogP contribution is 2.04. The molecule has 0 saturated heterocycles. The number of rotatable bonds is 3. The topological polar surface area (TPSA) is 44.5 Å². The van der Waals surface area contributed by atoms with Crippen LogP contribution in [-0.2, 0) is 9.57 Å². The van der Waals surface area contributed by atoms with Crippen LogP contribution < -0.4 is 5.90 Å². The minimum atomic E-state index is -0.352. The van der Waals surface area contributed by atoms with Crippen LogP contribution >= 0.6 is 0 Å². The Morgan fingerprint density at radius 1 is 1.50 bits per heavy atom. The molecule has 0 aliphatic rings. The Bertz CT molecular complexity index is 63.4. The molecule has 2 N–H and O–H groups in total. The molecule has 0 unspecified atom stereocenters. The molecule has 3 nitrogen and oxygen atoms in total. The summed E-state index contributed by atoms with van der Waals surface area (Å²) < 4.78 is 4.79. The second kappa shape index (κ2) is 3.02. The fourth-order valence-corrected chi connectivity index (χ4v) is 0.382. The molecule has 0 rings (SSSR count). The second-order valence-corrected chi connectivity index (χ2v) is 2.31. The molecule has 0 aromatic carbocycles. The first-order chi connectivity index (χ1) is 3.62. The lowest BCUT2D eigenvalue weighted by atomic mass is 10.2. The van der Waals surface area contributed by atoms with Gasteiger partial charge >= 0.3 is 0 Å². The zero-order valence-corrected chi connectivity index (χ0v) is 5.60. The Morgan fingerprint density at radius 2 is 2.00 bits per heavy atom. The SMILES string of the molecule is COCC(C)(C)ON. The van der Waals surface area contributed by atoms with Crippen LogP contribution in [0, 0.1) is 0 Å². The van der Waals surface area contributed by atoms with Crippen molar-refractivity contribution < 1.29 is 9.57 Å². The average Bonchev–Trinajstić information content (AvgIpc) is 1.67. The minimum Gasteiger partial charge on any atom is -0.382 e. The maximum absolute atomic E-state index is 4.91. The van der Waals surface area contributed by atoms with E-state index in [1.807, 2.05) is 13.8 Å². The van der Waals surface area contributed by atoms with E-state index in [0.29, 0.717) is 6.61 Å². The second-order valence-electron chi connectivity index (χ2n) is 2.31. The predicted octanol–water partition coefficient (Wildman–Crippen LogP) is 0.302. The van der Waals surface area contributed by atoms with Crippen LogP contribution in [0.4, 0.5) is 0 Å². The standard InChI is InChI=1S/C5H13NO2/c1-5(2,8-6)4-7-3/h4,6H2,1-3H3. The van der Waals surface area contributed by atoms with Gasteiger partial charge in [-0.15, -0.1) is 0 Å². The van der Waals surface area contributed by atoms with Crippen LogP contribution in [0.1, 0.15) is 13.8 Å². The van der Waals surface area contributed by atoms with E-state index in [9.17, 15) is 0 Å². The quantitative estimate of drug-likeness (QED) is 0.543. The smallest absolute Gasteiger partial charge is 0.107 e. The van der Waals surface area contributed by atoms with Crippen LogP contribution in [0.5, 0.6) is 0 Å². The highest BCUT2D eigenvalue weighted by molar-refractivity contribution is 4.64. The van der Waals surface area contributed by atoms with Gasteiger partial charge in [-0.2, -0.15) is 0 Å². The molecule has 0 aliphatic heterocycles. The molecule has 0 aromatic rings. The molecule has 3 heteroatoms. The number of ether oxygens (including phenoxy) is 1. The van der Waals surface area contributed by atoms with E-state index in [1.165, 1.54) is 0 Å². The third-order valence-corrected chi connectivity index (χ3v) is 0.811. The van der Waals surface area contributed by atoms with E-state index < -0.39 is 0 Å². The van der Waals surface area contributed by atoms with Gasteiger partial charge in [0.05, 0.1) is 6.61 Å². The lowest BCUT2D eigenvalue weighted by molar-refractivity contribution is -0.0666. The number of nitrogens with two attached hydrogens (primary N) is 1. The van der Waals surface area contributed by atoms with Gasteiger partial charge in [0.15, 0.2) is 0 Å². The van der Waals surface area contributed by atoms with E-state index in [2.05, 4.69) is 4.84 Å². The van der Waals surface area contributed by atoms with E-state index >= 15 is 0 Å². The summed E-state index contributed by atoms with van der Waals surface area (Å²) in [5.74, 6) is 4.91. The molecule has 0 saturated carbocycles. The lowest BCUT2D eigenvalue weighted by Crippen LogP contribution is -2.32. The fraction of sp³-hybridized carbons (Fsp3) is 1.00. The molecule has 0 bridgehead atoms. The van der Waals surface area contributed by atoms with Gasteiger partial charge in [0.25, 0.3) is 0 Å². The van der Waals surface area contributed by atoms with Crippen molar-refractivity contribution in [3.63, 3.8) is 0 Å². The highest BCUT2D eigenvalue weighted by Gasteiger charge is 2.15.